The molecule has 1 saturated heterocycles. The SMILES string of the molecule is CN1CCC[C@@H](NC(=O)CNC(=O)c2ccc3c(c2)nc(Nc2nc4ccc(Cl)cc4s2)n3C)C1. The second-order valence-corrected chi connectivity index (χ2v) is 10.3. The highest BCUT2D eigenvalue weighted by atomic mass is 35.5. The summed E-state index contributed by atoms with van der Waals surface area (Å²) in [4.78, 5) is 36.4. The van der Waals surface area contributed by atoms with Crippen LogP contribution in [0.3, 0.4) is 0 Å². The van der Waals surface area contributed by atoms with Crippen molar-refractivity contribution in [1.82, 2.24) is 30.1 Å². The van der Waals surface area contributed by atoms with Crippen molar-refractivity contribution in [2.24, 2.45) is 7.05 Å². The van der Waals surface area contributed by atoms with Gasteiger partial charge in [-0.1, -0.05) is 22.9 Å². The van der Waals surface area contributed by atoms with E-state index in [9.17, 15) is 9.59 Å². The summed E-state index contributed by atoms with van der Waals surface area (Å²) in [6.07, 6.45) is 2.02. The van der Waals surface area contributed by atoms with Crippen molar-refractivity contribution in [2.45, 2.75) is 18.9 Å². The average molecular weight is 512 g/mol. The molecule has 1 fully saturated rings. The molecule has 5 rings (SSSR count). The Morgan fingerprint density at radius 2 is 2.00 bits per heavy atom. The first-order valence-corrected chi connectivity index (χ1v) is 12.6. The summed E-state index contributed by atoms with van der Waals surface area (Å²) in [5.74, 6) is 0.117. The van der Waals surface area contributed by atoms with Gasteiger partial charge in [-0.2, -0.15) is 0 Å². The topological polar surface area (TPSA) is 104 Å². The number of likely N-dealkylation sites (N-methyl/N-ethyl adjacent to an activating group) is 1. The number of anilines is 2. The molecule has 2 amide bonds. The van der Waals surface area contributed by atoms with Crippen LogP contribution in [0.4, 0.5) is 11.1 Å². The van der Waals surface area contributed by atoms with Crippen molar-refractivity contribution in [3.8, 4) is 0 Å². The van der Waals surface area contributed by atoms with Crippen LogP contribution in [0.5, 0.6) is 0 Å². The van der Waals surface area contributed by atoms with Crippen LogP contribution in [0, 0.1) is 0 Å². The lowest BCUT2D eigenvalue weighted by atomic mass is 10.1. The highest BCUT2D eigenvalue weighted by molar-refractivity contribution is 7.22. The molecule has 9 nitrogen and oxygen atoms in total. The van der Waals surface area contributed by atoms with Crippen LogP contribution in [0.2, 0.25) is 5.02 Å². The molecule has 2 aromatic heterocycles. The predicted molar refractivity (Wildman–Crippen MR) is 140 cm³/mol. The van der Waals surface area contributed by atoms with Crippen LogP contribution in [0.15, 0.2) is 36.4 Å². The molecule has 35 heavy (non-hydrogen) atoms. The quantitative estimate of drug-likeness (QED) is 0.366. The largest absolute Gasteiger partial charge is 0.351 e. The van der Waals surface area contributed by atoms with E-state index < -0.39 is 0 Å². The third-order valence-corrected chi connectivity index (χ3v) is 7.28. The van der Waals surface area contributed by atoms with Crippen molar-refractivity contribution < 1.29 is 9.59 Å². The normalized spacial score (nSPS) is 16.5. The number of carbonyl (C=O) groups is 2. The number of halogens is 1. The van der Waals surface area contributed by atoms with Gasteiger partial charge in [-0.3, -0.25) is 9.59 Å². The Labute approximate surface area is 211 Å². The molecule has 4 aromatic rings. The summed E-state index contributed by atoms with van der Waals surface area (Å²) in [5.41, 5.74) is 2.84. The molecule has 0 aliphatic carbocycles. The van der Waals surface area contributed by atoms with E-state index in [4.69, 9.17) is 11.6 Å². The minimum Gasteiger partial charge on any atom is -0.351 e. The minimum absolute atomic E-state index is 0.0618. The maximum atomic E-state index is 12.7. The first-order valence-electron chi connectivity index (χ1n) is 11.4. The van der Waals surface area contributed by atoms with Crippen LogP contribution < -0.4 is 16.0 Å². The van der Waals surface area contributed by atoms with Crippen LogP contribution in [-0.2, 0) is 11.8 Å². The van der Waals surface area contributed by atoms with E-state index in [1.165, 1.54) is 11.3 Å². The number of carbonyl (C=O) groups excluding carboxylic acids is 2. The van der Waals surface area contributed by atoms with Gasteiger partial charge in [0, 0.05) is 30.2 Å². The molecule has 0 spiro atoms. The van der Waals surface area contributed by atoms with Crippen LogP contribution in [0.25, 0.3) is 21.3 Å². The van der Waals surface area contributed by atoms with E-state index in [1.807, 2.05) is 42.9 Å². The van der Waals surface area contributed by atoms with E-state index >= 15 is 0 Å². The van der Waals surface area contributed by atoms with Crippen molar-refractivity contribution >= 4 is 67.1 Å². The summed E-state index contributed by atoms with van der Waals surface area (Å²) >= 11 is 7.57. The Morgan fingerprint density at radius 1 is 1.14 bits per heavy atom. The maximum Gasteiger partial charge on any atom is 0.251 e. The van der Waals surface area contributed by atoms with Crippen molar-refractivity contribution in [3.63, 3.8) is 0 Å². The zero-order valence-electron chi connectivity index (χ0n) is 19.5. The number of fused-ring (bicyclic) bond motifs is 2. The lowest BCUT2D eigenvalue weighted by Crippen LogP contribution is -2.49. The van der Waals surface area contributed by atoms with E-state index in [1.54, 1.807) is 12.1 Å². The van der Waals surface area contributed by atoms with E-state index in [2.05, 4.69) is 30.8 Å². The molecule has 1 aliphatic rings. The van der Waals surface area contributed by atoms with Gasteiger partial charge in [0.1, 0.15) is 0 Å². The Hall–Kier alpha value is -3.21. The number of aryl methyl sites for hydroxylation is 1. The maximum absolute atomic E-state index is 12.7. The predicted octanol–water partition coefficient (Wildman–Crippen LogP) is 3.52. The second-order valence-electron chi connectivity index (χ2n) is 8.81. The Morgan fingerprint density at radius 3 is 2.83 bits per heavy atom. The van der Waals surface area contributed by atoms with Gasteiger partial charge in [-0.15, -0.1) is 0 Å². The molecule has 3 heterocycles. The molecule has 1 aliphatic heterocycles. The summed E-state index contributed by atoms with van der Waals surface area (Å²) in [7, 11) is 3.94. The third-order valence-electron chi connectivity index (χ3n) is 6.11. The molecule has 3 N–H and O–H groups in total. The minimum atomic E-state index is -0.314. The molecule has 0 bridgehead atoms. The van der Waals surface area contributed by atoms with E-state index in [0.29, 0.717) is 27.2 Å². The van der Waals surface area contributed by atoms with Crippen LogP contribution in [-0.4, -0.2) is 64.0 Å². The number of imidazole rings is 1. The molecular formula is C24H26ClN7O2S. The number of thiazole rings is 1. The van der Waals surface area contributed by atoms with E-state index in [-0.39, 0.29) is 24.4 Å². The number of nitrogens with zero attached hydrogens (tertiary/aromatic N) is 4. The van der Waals surface area contributed by atoms with Crippen LogP contribution >= 0.6 is 22.9 Å². The molecule has 0 unspecified atom stereocenters. The zero-order chi connectivity index (χ0) is 24.5. The fourth-order valence-corrected chi connectivity index (χ4v) is 5.46. The number of piperidine rings is 1. The van der Waals surface area contributed by atoms with Gasteiger partial charge in [0.05, 0.1) is 27.8 Å². The van der Waals surface area contributed by atoms with Gasteiger partial charge in [0.15, 0.2) is 5.13 Å². The lowest BCUT2D eigenvalue weighted by Gasteiger charge is -2.30. The lowest BCUT2D eigenvalue weighted by molar-refractivity contribution is -0.121. The number of benzene rings is 2. The molecule has 0 radical (unpaired) electrons. The van der Waals surface area contributed by atoms with Gasteiger partial charge in [-0.05, 0) is 62.8 Å². The van der Waals surface area contributed by atoms with Crippen LogP contribution in [0.1, 0.15) is 23.2 Å². The summed E-state index contributed by atoms with van der Waals surface area (Å²) < 4.78 is 2.89. The number of aromatic nitrogens is 3. The molecule has 2 aromatic carbocycles. The summed E-state index contributed by atoms with van der Waals surface area (Å²) in [5, 5.41) is 10.3. The Kier molecular flexibility index (Phi) is 6.59. The van der Waals surface area contributed by atoms with Gasteiger partial charge >= 0.3 is 0 Å². The molecule has 182 valence electrons. The second kappa shape index (κ2) is 9.80. The molecular weight excluding hydrogens is 486 g/mol. The summed E-state index contributed by atoms with van der Waals surface area (Å²) in [6, 6.07) is 11.0. The highest BCUT2D eigenvalue weighted by Crippen LogP contribution is 2.31. The molecule has 0 saturated carbocycles. The fraction of sp³-hybridized carbons (Fsp3) is 0.333. The third kappa shape index (κ3) is 5.24. The fourth-order valence-electron chi connectivity index (χ4n) is 4.33. The summed E-state index contributed by atoms with van der Waals surface area (Å²) in [6.45, 7) is 1.82. The van der Waals surface area contributed by atoms with Gasteiger partial charge < -0.3 is 25.4 Å². The van der Waals surface area contributed by atoms with Gasteiger partial charge in [0.2, 0.25) is 11.9 Å². The zero-order valence-corrected chi connectivity index (χ0v) is 21.0. The number of amides is 2. The number of hydrogen-bond acceptors (Lipinski definition) is 7. The number of nitrogens with one attached hydrogen (secondary N) is 3. The standard InChI is InChI=1S/C24H26ClN7O2S/c1-31-9-3-4-16(13-31)27-21(33)12-26-22(34)14-5-8-19-18(10-14)28-23(32(19)2)30-24-29-17-7-6-15(25)11-20(17)35-24/h5-8,10-11,16H,3-4,9,12-13H2,1-2H3,(H,26,34)(H,27,33)(H,28,29,30)/t16-/m1/s1. The Balaban J connectivity index is 1.25. The molecule has 11 heteroatoms. The average Bonchev–Trinajstić information content (AvgIpc) is 3.36. The van der Waals surface area contributed by atoms with Crippen molar-refractivity contribution in [3.05, 3.63) is 47.0 Å². The van der Waals surface area contributed by atoms with Crippen molar-refractivity contribution in [1.29, 1.82) is 0 Å². The Bertz CT molecular complexity index is 1420. The first-order chi connectivity index (χ1) is 16.9. The highest BCUT2D eigenvalue weighted by Gasteiger charge is 2.19. The number of rotatable bonds is 6. The molecule has 1 atom stereocenters. The number of likely N-dealkylation sites (tertiary alicyclic amines) is 1. The van der Waals surface area contributed by atoms with Gasteiger partial charge in [-0.25, -0.2) is 9.97 Å². The monoisotopic (exact) mass is 511 g/mol. The first kappa shape index (κ1) is 23.5. The van der Waals surface area contributed by atoms with Crippen molar-refractivity contribution in [2.75, 3.05) is 32.0 Å². The van der Waals surface area contributed by atoms with E-state index in [0.717, 1.165) is 41.7 Å². The number of hydrogen-bond donors (Lipinski definition) is 3. The van der Waals surface area contributed by atoms with Gasteiger partial charge in [0.25, 0.3) is 5.91 Å². The smallest absolute Gasteiger partial charge is 0.251 e.